The molecule has 0 unspecified atom stereocenters. The van der Waals surface area contributed by atoms with Gasteiger partial charge in [-0.1, -0.05) is 50.2 Å². The minimum Gasteiger partial charge on any atom is -0.478 e. The van der Waals surface area contributed by atoms with E-state index in [1.165, 1.54) is 24.3 Å². The van der Waals surface area contributed by atoms with Gasteiger partial charge in [-0.2, -0.15) is 0 Å². The van der Waals surface area contributed by atoms with Crippen molar-refractivity contribution in [2.24, 2.45) is 5.92 Å². The van der Waals surface area contributed by atoms with Crippen LogP contribution in [0.25, 0.3) is 0 Å². The number of benzene rings is 2. The molecule has 7 nitrogen and oxygen atoms in total. The second-order valence-corrected chi connectivity index (χ2v) is 6.18. The summed E-state index contributed by atoms with van der Waals surface area (Å²) in [5.74, 6) is -2.01. The molecule has 2 rings (SSSR count). The van der Waals surface area contributed by atoms with Crippen LogP contribution in [0.2, 0.25) is 0 Å². The third-order valence-corrected chi connectivity index (χ3v) is 3.71. The monoisotopic (exact) mass is 371 g/mol. The molecule has 0 aliphatic rings. The van der Waals surface area contributed by atoms with Gasteiger partial charge in [0.25, 0.3) is 0 Å². The van der Waals surface area contributed by atoms with E-state index in [2.05, 4.69) is 5.32 Å². The smallest absolute Gasteiger partial charge is 0.408 e. The molecular weight excluding hydrogens is 350 g/mol. The highest BCUT2D eigenvalue weighted by Gasteiger charge is 2.27. The van der Waals surface area contributed by atoms with Crippen LogP contribution in [-0.2, 0) is 16.1 Å². The SMILES string of the molecule is CC(C)[C@H](NC(=O)OCc1ccccc1)C(=O)Oc1cccc(C(=O)O)c1. The molecule has 2 aromatic rings. The Morgan fingerprint density at radius 3 is 2.37 bits per heavy atom. The molecule has 1 atom stereocenters. The summed E-state index contributed by atoms with van der Waals surface area (Å²) in [7, 11) is 0. The maximum Gasteiger partial charge on any atom is 0.408 e. The van der Waals surface area contributed by atoms with Gasteiger partial charge in [-0.3, -0.25) is 0 Å². The van der Waals surface area contributed by atoms with Crippen molar-refractivity contribution in [1.29, 1.82) is 0 Å². The molecule has 0 spiro atoms. The molecule has 0 saturated carbocycles. The summed E-state index contributed by atoms with van der Waals surface area (Å²) in [5.41, 5.74) is 0.818. The Labute approximate surface area is 156 Å². The van der Waals surface area contributed by atoms with Gasteiger partial charge in [0.15, 0.2) is 0 Å². The lowest BCUT2D eigenvalue weighted by atomic mass is 10.1. The second-order valence-electron chi connectivity index (χ2n) is 6.18. The van der Waals surface area contributed by atoms with Crippen molar-refractivity contribution in [1.82, 2.24) is 5.32 Å². The van der Waals surface area contributed by atoms with Crippen LogP contribution in [0, 0.1) is 5.92 Å². The molecule has 0 heterocycles. The van der Waals surface area contributed by atoms with Crippen molar-refractivity contribution in [3.8, 4) is 5.75 Å². The third kappa shape index (κ3) is 6.14. The number of esters is 1. The first-order chi connectivity index (χ1) is 12.9. The Kier molecular flexibility index (Phi) is 6.93. The Morgan fingerprint density at radius 1 is 1.04 bits per heavy atom. The summed E-state index contributed by atoms with van der Waals surface area (Å²) in [6.07, 6.45) is -0.742. The summed E-state index contributed by atoms with van der Waals surface area (Å²) in [4.78, 5) is 35.4. The van der Waals surface area contributed by atoms with Gasteiger partial charge in [0.2, 0.25) is 0 Å². The van der Waals surface area contributed by atoms with Gasteiger partial charge in [-0.25, -0.2) is 14.4 Å². The van der Waals surface area contributed by atoms with Crippen molar-refractivity contribution < 1.29 is 29.0 Å². The van der Waals surface area contributed by atoms with Crippen molar-refractivity contribution in [2.45, 2.75) is 26.5 Å². The van der Waals surface area contributed by atoms with E-state index in [9.17, 15) is 14.4 Å². The zero-order valence-corrected chi connectivity index (χ0v) is 15.0. The molecule has 2 aromatic carbocycles. The third-order valence-electron chi connectivity index (χ3n) is 3.71. The number of hydrogen-bond donors (Lipinski definition) is 2. The molecule has 0 radical (unpaired) electrons. The van der Waals surface area contributed by atoms with E-state index < -0.39 is 24.1 Å². The van der Waals surface area contributed by atoms with Crippen molar-refractivity contribution in [3.63, 3.8) is 0 Å². The van der Waals surface area contributed by atoms with E-state index in [-0.39, 0.29) is 23.8 Å². The molecule has 0 aliphatic carbocycles. The quantitative estimate of drug-likeness (QED) is 0.572. The van der Waals surface area contributed by atoms with Crippen LogP contribution in [-0.4, -0.2) is 29.2 Å². The summed E-state index contributed by atoms with van der Waals surface area (Å²) in [6, 6.07) is 13.8. The Balaban J connectivity index is 1.97. The molecule has 0 saturated heterocycles. The first-order valence-electron chi connectivity index (χ1n) is 8.39. The number of rotatable bonds is 7. The van der Waals surface area contributed by atoms with Crippen molar-refractivity contribution >= 4 is 18.0 Å². The number of carbonyl (C=O) groups is 3. The van der Waals surface area contributed by atoms with Crippen LogP contribution in [0.1, 0.15) is 29.8 Å². The van der Waals surface area contributed by atoms with Gasteiger partial charge in [-0.05, 0) is 29.7 Å². The molecular formula is C20H21NO6. The van der Waals surface area contributed by atoms with Crippen LogP contribution in [0.5, 0.6) is 5.75 Å². The number of carboxylic acid groups (broad SMARTS) is 1. The zero-order valence-electron chi connectivity index (χ0n) is 15.0. The molecule has 0 bridgehead atoms. The first kappa shape index (κ1) is 20.0. The summed E-state index contributed by atoms with van der Waals surface area (Å²) in [5, 5.41) is 11.5. The largest absolute Gasteiger partial charge is 0.478 e. The fourth-order valence-electron chi connectivity index (χ4n) is 2.26. The highest BCUT2D eigenvalue weighted by Crippen LogP contribution is 2.15. The predicted octanol–water partition coefficient (Wildman–Crippen LogP) is 3.24. The Morgan fingerprint density at radius 2 is 1.74 bits per heavy atom. The fourth-order valence-corrected chi connectivity index (χ4v) is 2.26. The van der Waals surface area contributed by atoms with E-state index in [1.54, 1.807) is 13.8 Å². The van der Waals surface area contributed by atoms with Gasteiger partial charge in [-0.15, -0.1) is 0 Å². The van der Waals surface area contributed by atoms with E-state index in [0.717, 1.165) is 5.56 Å². The number of amides is 1. The van der Waals surface area contributed by atoms with Gasteiger partial charge >= 0.3 is 18.0 Å². The Hall–Kier alpha value is -3.35. The van der Waals surface area contributed by atoms with Crippen LogP contribution >= 0.6 is 0 Å². The van der Waals surface area contributed by atoms with E-state index in [4.69, 9.17) is 14.6 Å². The number of carboxylic acids is 1. The molecule has 0 aliphatic heterocycles. The van der Waals surface area contributed by atoms with Crippen molar-refractivity contribution in [3.05, 3.63) is 65.7 Å². The van der Waals surface area contributed by atoms with E-state index in [1.807, 2.05) is 30.3 Å². The lowest BCUT2D eigenvalue weighted by Crippen LogP contribution is -2.46. The molecule has 142 valence electrons. The first-order valence-corrected chi connectivity index (χ1v) is 8.39. The fraction of sp³-hybridized carbons (Fsp3) is 0.250. The van der Waals surface area contributed by atoms with Gasteiger partial charge in [0, 0.05) is 0 Å². The minimum absolute atomic E-state index is 0.00312. The predicted molar refractivity (Wildman–Crippen MR) is 97.4 cm³/mol. The highest BCUT2D eigenvalue weighted by atomic mass is 16.6. The standard InChI is InChI=1S/C20H21NO6/c1-13(2)17(21-20(25)26-12-14-7-4-3-5-8-14)19(24)27-16-10-6-9-15(11-16)18(22)23/h3-11,13,17H,12H2,1-2H3,(H,21,25)(H,22,23)/t17-/m0/s1. The number of ether oxygens (including phenoxy) is 2. The second kappa shape index (κ2) is 9.38. The van der Waals surface area contributed by atoms with Crippen molar-refractivity contribution in [2.75, 3.05) is 0 Å². The lowest BCUT2D eigenvalue weighted by Gasteiger charge is -2.20. The molecule has 0 aromatic heterocycles. The maximum atomic E-state index is 12.4. The number of hydrogen-bond acceptors (Lipinski definition) is 5. The molecule has 27 heavy (non-hydrogen) atoms. The topological polar surface area (TPSA) is 102 Å². The molecule has 0 fully saturated rings. The molecule has 7 heteroatoms. The number of carbonyl (C=O) groups excluding carboxylic acids is 2. The van der Waals surface area contributed by atoms with Crippen LogP contribution in [0.15, 0.2) is 54.6 Å². The normalized spacial score (nSPS) is 11.5. The summed E-state index contributed by atoms with van der Waals surface area (Å²) in [6.45, 7) is 3.57. The minimum atomic E-state index is -1.13. The number of nitrogens with one attached hydrogen (secondary N) is 1. The van der Waals surface area contributed by atoms with Crippen LogP contribution < -0.4 is 10.1 Å². The summed E-state index contributed by atoms with van der Waals surface area (Å²) < 4.78 is 10.3. The van der Waals surface area contributed by atoms with Gasteiger partial charge < -0.3 is 19.9 Å². The van der Waals surface area contributed by atoms with Gasteiger partial charge in [0.1, 0.15) is 18.4 Å². The van der Waals surface area contributed by atoms with E-state index >= 15 is 0 Å². The number of alkyl carbamates (subject to hydrolysis) is 1. The average Bonchev–Trinajstić information content (AvgIpc) is 2.65. The van der Waals surface area contributed by atoms with E-state index in [0.29, 0.717) is 0 Å². The summed E-state index contributed by atoms with van der Waals surface area (Å²) >= 11 is 0. The molecule has 1 amide bonds. The highest BCUT2D eigenvalue weighted by molar-refractivity contribution is 5.88. The van der Waals surface area contributed by atoms with Crippen LogP contribution in [0.4, 0.5) is 4.79 Å². The molecule has 2 N–H and O–H groups in total. The average molecular weight is 371 g/mol. The maximum absolute atomic E-state index is 12.4. The van der Waals surface area contributed by atoms with Gasteiger partial charge in [0.05, 0.1) is 5.56 Å². The number of aromatic carboxylic acids is 1. The van der Waals surface area contributed by atoms with Crippen LogP contribution in [0.3, 0.4) is 0 Å². The lowest BCUT2D eigenvalue weighted by molar-refractivity contribution is -0.137. The Bertz CT molecular complexity index is 803. The zero-order chi connectivity index (χ0) is 19.8.